The number of nitrogens with one attached hydrogen (secondary N) is 1. The Morgan fingerprint density at radius 1 is 1.38 bits per heavy atom. The predicted molar refractivity (Wildman–Crippen MR) is 93.9 cm³/mol. The van der Waals surface area contributed by atoms with Crippen molar-refractivity contribution in [1.82, 2.24) is 20.1 Å². The van der Waals surface area contributed by atoms with Gasteiger partial charge in [-0.05, 0) is 31.9 Å². The molecule has 1 aromatic heterocycles. The highest BCUT2D eigenvalue weighted by atomic mass is 16.5. The van der Waals surface area contributed by atoms with E-state index in [4.69, 9.17) is 4.74 Å². The monoisotopic (exact) mass is 360 g/mol. The van der Waals surface area contributed by atoms with Crippen LogP contribution in [-0.2, 0) is 17.9 Å². The summed E-state index contributed by atoms with van der Waals surface area (Å²) in [6, 6.07) is 4.99. The largest absolute Gasteiger partial charge is 0.507 e. The summed E-state index contributed by atoms with van der Waals surface area (Å²) in [6.45, 7) is 2.80. The molecule has 26 heavy (non-hydrogen) atoms. The molecule has 8 heteroatoms. The molecule has 1 amide bonds. The van der Waals surface area contributed by atoms with Crippen LogP contribution >= 0.6 is 0 Å². The van der Waals surface area contributed by atoms with Crippen LogP contribution in [0.1, 0.15) is 46.3 Å². The standard InChI is InChI=1S/C18H24N4O4/c1-11-3-4-15(24)14(7-11)18(25)19-13-8-12(9-13)17-21-20-16(10-23)22(17)5-6-26-2/h3-4,7,12-13,23-24H,5-6,8-10H2,1-2H3,(H,19,25). The maximum atomic E-state index is 12.4. The van der Waals surface area contributed by atoms with Crippen molar-refractivity contribution in [3.63, 3.8) is 0 Å². The van der Waals surface area contributed by atoms with E-state index >= 15 is 0 Å². The van der Waals surface area contributed by atoms with Crippen LogP contribution in [0, 0.1) is 6.92 Å². The molecular formula is C18H24N4O4. The molecule has 1 aromatic carbocycles. The summed E-state index contributed by atoms with van der Waals surface area (Å²) in [4.78, 5) is 12.4. The molecule has 1 saturated carbocycles. The molecule has 0 spiro atoms. The summed E-state index contributed by atoms with van der Waals surface area (Å²) in [7, 11) is 1.62. The van der Waals surface area contributed by atoms with Gasteiger partial charge in [-0.15, -0.1) is 10.2 Å². The zero-order chi connectivity index (χ0) is 18.7. The highest BCUT2D eigenvalue weighted by molar-refractivity contribution is 5.97. The number of aliphatic hydroxyl groups is 1. The predicted octanol–water partition coefficient (Wildman–Crippen LogP) is 1.11. The number of amides is 1. The second-order valence-electron chi connectivity index (χ2n) is 6.64. The number of benzene rings is 1. The maximum absolute atomic E-state index is 12.4. The summed E-state index contributed by atoms with van der Waals surface area (Å²) in [5.74, 6) is 1.22. The van der Waals surface area contributed by atoms with E-state index in [9.17, 15) is 15.0 Å². The SMILES string of the molecule is COCCn1c(CO)nnc1C1CC(NC(=O)c2cc(C)ccc2O)C1. The van der Waals surface area contributed by atoms with Gasteiger partial charge in [0.15, 0.2) is 5.82 Å². The molecule has 0 aliphatic heterocycles. The molecule has 0 radical (unpaired) electrons. The van der Waals surface area contributed by atoms with Gasteiger partial charge in [0.25, 0.3) is 5.91 Å². The first-order valence-corrected chi connectivity index (χ1v) is 8.65. The number of phenols is 1. The third-order valence-corrected chi connectivity index (χ3v) is 4.75. The summed E-state index contributed by atoms with van der Waals surface area (Å²) < 4.78 is 6.99. The molecule has 1 aliphatic rings. The lowest BCUT2D eigenvalue weighted by molar-refractivity contribution is 0.0903. The molecule has 0 atom stereocenters. The second kappa shape index (κ2) is 7.84. The quantitative estimate of drug-likeness (QED) is 0.682. The van der Waals surface area contributed by atoms with Gasteiger partial charge < -0.3 is 24.8 Å². The Kier molecular flexibility index (Phi) is 5.53. The lowest BCUT2D eigenvalue weighted by Gasteiger charge is -2.35. The Morgan fingerprint density at radius 2 is 2.15 bits per heavy atom. The third-order valence-electron chi connectivity index (χ3n) is 4.75. The van der Waals surface area contributed by atoms with Gasteiger partial charge in [-0.25, -0.2) is 0 Å². The summed E-state index contributed by atoms with van der Waals surface area (Å²) in [5, 5.41) is 30.5. The molecular weight excluding hydrogens is 336 g/mol. The fourth-order valence-corrected chi connectivity index (χ4v) is 3.24. The van der Waals surface area contributed by atoms with Crippen molar-refractivity contribution in [1.29, 1.82) is 0 Å². The zero-order valence-corrected chi connectivity index (χ0v) is 15.0. The first kappa shape index (κ1) is 18.3. The number of rotatable bonds is 7. The van der Waals surface area contributed by atoms with E-state index in [1.807, 2.05) is 11.5 Å². The van der Waals surface area contributed by atoms with Crippen LogP contribution in [0.15, 0.2) is 18.2 Å². The molecule has 2 aromatic rings. The fourth-order valence-electron chi connectivity index (χ4n) is 3.24. The van der Waals surface area contributed by atoms with Crippen molar-refractivity contribution in [3.05, 3.63) is 41.0 Å². The van der Waals surface area contributed by atoms with Gasteiger partial charge in [-0.3, -0.25) is 4.79 Å². The minimum atomic E-state index is -0.272. The molecule has 3 rings (SSSR count). The molecule has 0 bridgehead atoms. The zero-order valence-electron chi connectivity index (χ0n) is 15.0. The average molecular weight is 360 g/mol. The van der Waals surface area contributed by atoms with Crippen LogP contribution in [0.2, 0.25) is 0 Å². The number of hydrogen-bond acceptors (Lipinski definition) is 6. The molecule has 1 heterocycles. The van der Waals surface area contributed by atoms with Crippen LogP contribution in [0.3, 0.4) is 0 Å². The number of carbonyl (C=O) groups is 1. The van der Waals surface area contributed by atoms with Crippen molar-refractivity contribution in [2.45, 2.75) is 44.9 Å². The van der Waals surface area contributed by atoms with E-state index in [0.29, 0.717) is 24.5 Å². The number of phenolic OH excluding ortho intramolecular Hbond substituents is 1. The summed E-state index contributed by atoms with van der Waals surface area (Å²) in [5.41, 5.74) is 1.21. The molecule has 0 saturated heterocycles. The first-order chi connectivity index (χ1) is 12.5. The molecule has 8 nitrogen and oxygen atoms in total. The van der Waals surface area contributed by atoms with Crippen LogP contribution < -0.4 is 5.32 Å². The van der Waals surface area contributed by atoms with Crippen LogP contribution in [0.5, 0.6) is 5.75 Å². The molecule has 3 N–H and O–H groups in total. The molecule has 1 aliphatic carbocycles. The lowest BCUT2D eigenvalue weighted by Crippen LogP contribution is -2.44. The lowest BCUT2D eigenvalue weighted by atomic mass is 9.79. The Hall–Kier alpha value is -2.45. The Morgan fingerprint density at radius 3 is 2.85 bits per heavy atom. The van der Waals surface area contributed by atoms with Gasteiger partial charge in [-0.1, -0.05) is 11.6 Å². The average Bonchev–Trinajstić information content (AvgIpc) is 3.00. The summed E-state index contributed by atoms with van der Waals surface area (Å²) in [6.07, 6.45) is 1.49. The minimum absolute atomic E-state index is 0.0177. The van der Waals surface area contributed by atoms with Gasteiger partial charge in [-0.2, -0.15) is 0 Å². The van der Waals surface area contributed by atoms with Crippen molar-refractivity contribution < 1.29 is 19.7 Å². The number of aryl methyl sites for hydroxylation is 1. The van der Waals surface area contributed by atoms with Crippen LogP contribution in [-0.4, -0.2) is 50.6 Å². The van der Waals surface area contributed by atoms with Gasteiger partial charge in [0.1, 0.15) is 18.2 Å². The summed E-state index contributed by atoms with van der Waals surface area (Å²) >= 11 is 0. The third kappa shape index (κ3) is 3.71. The van der Waals surface area contributed by atoms with Crippen molar-refractivity contribution in [3.8, 4) is 5.75 Å². The van der Waals surface area contributed by atoms with E-state index < -0.39 is 0 Å². The van der Waals surface area contributed by atoms with Crippen LogP contribution in [0.4, 0.5) is 0 Å². The number of aromatic nitrogens is 3. The van der Waals surface area contributed by atoms with E-state index in [1.165, 1.54) is 6.07 Å². The number of hydrogen-bond donors (Lipinski definition) is 3. The maximum Gasteiger partial charge on any atom is 0.255 e. The first-order valence-electron chi connectivity index (χ1n) is 8.65. The molecule has 140 valence electrons. The topological polar surface area (TPSA) is 110 Å². The van der Waals surface area contributed by atoms with E-state index in [0.717, 1.165) is 24.2 Å². The number of nitrogens with zero attached hydrogens (tertiary/aromatic N) is 3. The highest BCUT2D eigenvalue weighted by Crippen LogP contribution is 2.36. The number of methoxy groups -OCH3 is 1. The van der Waals surface area contributed by atoms with E-state index in [1.54, 1.807) is 19.2 Å². The number of ether oxygens (including phenoxy) is 1. The number of aromatic hydroxyl groups is 1. The van der Waals surface area contributed by atoms with Crippen molar-refractivity contribution >= 4 is 5.91 Å². The van der Waals surface area contributed by atoms with Crippen LogP contribution in [0.25, 0.3) is 0 Å². The number of aliphatic hydroxyl groups excluding tert-OH is 1. The molecule has 1 fully saturated rings. The molecule has 0 unspecified atom stereocenters. The van der Waals surface area contributed by atoms with E-state index in [-0.39, 0.29) is 30.2 Å². The Bertz CT molecular complexity index is 783. The van der Waals surface area contributed by atoms with E-state index in [2.05, 4.69) is 15.5 Å². The van der Waals surface area contributed by atoms with Gasteiger partial charge in [0.2, 0.25) is 0 Å². The highest BCUT2D eigenvalue weighted by Gasteiger charge is 2.35. The van der Waals surface area contributed by atoms with Gasteiger partial charge >= 0.3 is 0 Å². The van der Waals surface area contributed by atoms with Crippen molar-refractivity contribution in [2.24, 2.45) is 0 Å². The fraction of sp³-hybridized carbons (Fsp3) is 0.500. The Labute approximate surface area is 151 Å². The second-order valence-corrected chi connectivity index (χ2v) is 6.64. The minimum Gasteiger partial charge on any atom is -0.507 e. The normalized spacial score (nSPS) is 19.2. The van der Waals surface area contributed by atoms with Gasteiger partial charge in [0.05, 0.1) is 12.2 Å². The van der Waals surface area contributed by atoms with Crippen molar-refractivity contribution in [2.75, 3.05) is 13.7 Å². The smallest absolute Gasteiger partial charge is 0.255 e. The number of carbonyl (C=O) groups excluding carboxylic acids is 1. The Balaban J connectivity index is 1.61. The van der Waals surface area contributed by atoms with Gasteiger partial charge in [0, 0.05) is 25.6 Å².